The number of hydrogen-bond acceptors (Lipinski definition) is 5. The van der Waals surface area contributed by atoms with Gasteiger partial charge in [-0.25, -0.2) is 17.6 Å². The highest BCUT2D eigenvalue weighted by molar-refractivity contribution is 7.91. The van der Waals surface area contributed by atoms with Crippen LogP contribution < -0.4 is 0 Å². The molecule has 0 aromatic heterocycles. The van der Waals surface area contributed by atoms with Crippen LogP contribution in [0.1, 0.15) is 34.6 Å². The van der Waals surface area contributed by atoms with Crippen LogP contribution in [0.5, 0.6) is 0 Å². The van der Waals surface area contributed by atoms with Crippen LogP contribution in [0.2, 0.25) is 0 Å². The molecule has 0 N–H and O–H groups in total. The monoisotopic (exact) mass is 364 g/mol. The number of carbonyl (C=O) groups excluding carboxylic acids is 2. The summed E-state index contributed by atoms with van der Waals surface area (Å²) in [5.74, 6) is -2.07. The van der Waals surface area contributed by atoms with Gasteiger partial charge in [-0.1, -0.05) is 19.1 Å². The largest absolute Gasteiger partial charge is 0.451 e. The third-order valence-corrected chi connectivity index (χ3v) is 5.39. The molecule has 2 aromatic rings. The van der Waals surface area contributed by atoms with Crippen molar-refractivity contribution < 1.29 is 27.1 Å². The van der Waals surface area contributed by atoms with E-state index < -0.39 is 33.5 Å². The molecule has 132 valence electrons. The van der Waals surface area contributed by atoms with Gasteiger partial charge < -0.3 is 4.74 Å². The molecule has 0 radical (unpaired) electrons. The predicted molar refractivity (Wildman–Crippen MR) is 89.8 cm³/mol. The minimum atomic E-state index is -3.61. The molecule has 0 aliphatic heterocycles. The second-order valence-corrected chi connectivity index (χ2v) is 7.56. The molecule has 7 heteroatoms. The van der Waals surface area contributed by atoms with Gasteiger partial charge >= 0.3 is 5.97 Å². The maximum atomic E-state index is 12.9. The summed E-state index contributed by atoms with van der Waals surface area (Å²) in [6.45, 7) is 2.85. The van der Waals surface area contributed by atoms with E-state index in [4.69, 9.17) is 4.74 Å². The van der Waals surface area contributed by atoms with Gasteiger partial charge in [-0.05, 0) is 43.3 Å². The highest BCUT2D eigenvalue weighted by Crippen LogP contribution is 2.19. The number of carbonyl (C=O) groups is 2. The van der Waals surface area contributed by atoms with Crippen LogP contribution in [0.15, 0.2) is 53.4 Å². The van der Waals surface area contributed by atoms with Crippen molar-refractivity contribution in [2.24, 2.45) is 0 Å². The number of benzene rings is 2. The van der Waals surface area contributed by atoms with Crippen LogP contribution in [-0.4, -0.2) is 32.0 Å². The number of sulfone groups is 1. The zero-order valence-electron chi connectivity index (χ0n) is 13.7. The maximum Gasteiger partial charge on any atom is 0.340 e. The summed E-state index contributed by atoms with van der Waals surface area (Å²) in [6.07, 6.45) is -1.14. The fourth-order valence-electron chi connectivity index (χ4n) is 2.19. The molecule has 25 heavy (non-hydrogen) atoms. The maximum absolute atomic E-state index is 12.9. The van der Waals surface area contributed by atoms with E-state index in [1.54, 1.807) is 0 Å². The third kappa shape index (κ3) is 4.30. The fourth-order valence-corrected chi connectivity index (χ4v) is 3.27. The summed E-state index contributed by atoms with van der Waals surface area (Å²) < 4.78 is 42.2. The third-order valence-electron chi connectivity index (χ3n) is 3.60. The minimum absolute atomic E-state index is 0.122. The Morgan fingerprint density at radius 2 is 1.68 bits per heavy atom. The van der Waals surface area contributed by atoms with Crippen LogP contribution in [0.3, 0.4) is 0 Å². The second kappa shape index (κ2) is 7.57. The molecule has 0 aliphatic rings. The zero-order valence-corrected chi connectivity index (χ0v) is 14.5. The molecule has 0 bridgehead atoms. The first-order chi connectivity index (χ1) is 11.8. The summed E-state index contributed by atoms with van der Waals surface area (Å²) >= 11 is 0. The Morgan fingerprint density at radius 3 is 2.28 bits per heavy atom. The van der Waals surface area contributed by atoms with Crippen molar-refractivity contribution in [2.75, 3.05) is 5.75 Å². The van der Waals surface area contributed by atoms with E-state index in [1.165, 1.54) is 50.2 Å². The van der Waals surface area contributed by atoms with Crippen molar-refractivity contribution in [3.63, 3.8) is 0 Å². The number of rotatable bonds is 6. The molecule has 5 nitrogen and oxygen atoms in total. The number of halogens is 1. The van der Waals surface area contributed by atoms with Gasteiger partial charge in [-0.3, -0.25) is 4.79 Å². The first-order valence-corrected chi connectivity index (χ1v) is 9.24. The number of Topliss-reactive ketones (excluding diaryl/α,β-unsaturated/α-hetero) is 1. The fraction of sp³-hybridized carbons (Fsp3) is 0.222. The summed E-state index contributed by atoms with van der Waals surface area (Å²) in [7, 11) is -3.61. The van der Waals surface area contributed by atoms with Crippen LogP contribution in [0.25, 0.3) is 0 Å². The first-order valence-electron chi connectivity index (χ1n) is 7.59. The van der Waals surface area contributed by atoms with Gasteiger partial charge in [-0.15, -0.1) is 0 Å². The quantitative estimate of drug-likeness (QED) is 0.582. The standard InChI is InChI=1S/C18H17FO5S/c1-3-25(22,23)16-7-5-4-6-15(16)18(21)24-12(2)17(20)13-8-10-14(19)11-9-13/h4-12H,3H2,1-2H3/t12-/m0/s1. The lowest BCUT2D eigenvalue weighted by molar-refractivity contribution is 0.0315. The van der Waals surface area contributed by atoms with Gasteiger partial charge in [0.2, 0.25) is 5.78 Å². The smallest absolute Gasteiger partial charge is 0.340 e. The first kappa shape index (κ1) is 18.8. The molecule has 2 aromatic carbocycles. The molecular formula is C18H17FO5S. The minimum Gasteiger partial charge on any atom is -0.451 e. The average Bonchev–Trinajstić information content (AvgIpc) is 2.61. The van der Waals surface area contributed by atoms with E-state index in [-0.39, 0.29) is 21.8 Å². The highest BCUT2D eigenvalue weighted by Gasteiger charge is 2.25. The highest BCUT2D eigenvalue weighted by atomic mass is 32.2. The van der Waals surface area contributed by atoms with Gasteiger partial charge in [0.25, 0.3) is 0 Å². The molecule has 1 atom stereocenters. The number of hydrogen-bond donors (Lipinski definition) is 0. The topological polar surface area (TPSA) is 77.5 Å². The van der Waals surface area contributed by atoms with Crippen molar-refractivity contribution in [3.8, 4) is 0 Å². The number of ketones is 1. The molecule has 0 saturated carbocycles. The van der Waals surface area contributed by atoms with E-state index in [0.29, 0.717) is 0 Å². The molecule has 0 saturated heterocycles. The molecule has 2 rings (SSSR count). The van der Waals surface area contributed by atoms with Gasteiger partial charge in [0.1, 0.15) is 5.82 Å². The van der Waals surface area contributed by atoms with Crippen LogP contribution in [0.4, 0.5) is 4.39 Å². The van der Waals surface area contributed by atoms with Gasteiger partial charge in [0, 0.05) is 5.56 Å². The second-order valence-electron chi connectivity index (χ2n) is 5.32. The summed E-state index contributed by atoms with van der Waals surface area (Å²) in [5.41, 5.74) is 0.0688. The van der Waals surface area contributed by atoms with E-state index in [1.807, 2.05) is 0 Å². The average molecular weight is 364 g/mol. The van der Waals surface area contributed by atoms with Crippen LogP contribution in [0, 0.1) is 5.82 Å². The molecule has 0 aliphatic carbocycles. The SMILES string of the molecule is CCS(=O)(=O)c1ccccc1C(=O)O[C@@H](C)C(=O)c1ccc(F)cc1. The lowest BCUT2D eigenvalue weighted by Gasteiger charge is -2.14. The molecule has 0 spiro atoms. The van der Waals surface area contributed by atoms with Gasteiger partial charge in [0.15, 0.2) is 15.9 Å². The predicted octanol–water partition coefficient (Wildman–Crippen LogP) is 3.05. The zero-order chi connectivity index (χ0) is 18.6. The Bertz CT molecular complexity index is 888. The van der Waals surface area contributed by atoms with E-state index >= 15 is 0 Å². The van der Waals surface area contributed by atoms with E-state index in [0.717, 1.165) is 12.1 Å². The lowest BCUT2D eigenvalue weighted by atomic mass is 10.1. The van der Waals surface area contributed by atoms with Crippen LogP contribution >= 0.6 is 0 Å². The lowest BCUT2D eigenvalue weighted by Crippen LogP contribution is -2.25. The van der Waals surface area contributed by atoms with Crippen molar-refractivity contribution in [3.05, 3.63) is 65.5 Å². The molecule has 0 heterocycles. The van der Waals surface area contributed by atoms with E-state index in [2.05, 4.69) is 0 Å². The van der Waals surface area contributed by atoms with Crippen LogP contribution in [-0.2, 0) is 14.6 Å². The number of esters is 1. The summed E-state index contributed by atoms with van der Waals surface area (Å²) in [5, 5.41) is 0. The Balaban J connectivity index is 2.23. The van der Waals surface area contributed by atoms with Crippen molar-refractivity contribution >= 4 is 21.6 Å². The van der Waals surface area contributed by atoms with Gasteiger partial charge in [0.05, 0.1) is 16.2 Å². The Labute approximate surface area is 145 Å². The Hall–Kier alpha value is -2.54. The summed E-state index contributed by atoms with van der Waals surface area (Å²) in [6, 6.07) is 10.5. The molecule has 0 unspecified atom stereocenters. The molecule has 0 fully saturated rings. The Kier molecular flexibility index (Phi) is 5.69. The van der Waals surface area contributed by atoms with Crippen molar-refractivity contribution in [1.29, 1.82) is 0 Å². The normalized spacial score (nSPS) is 12.4. The van der Waals surface area contributed by atoms with E-state index in [9.17, 15) is 22.4 Å². The Morgan fingerprint density at radius 1 is 1.08 bits per heavy atom. The van der Waals surface area contributed by atoms with Gasteiger partial charge in [-0.2, -0.15) is 0 Å². The summed E-state index contributed by atoms with van der Waals surface area (Å²) in [4.78, 5) is 24.4. The molecule has 0 amide bonds. The molecular weight excluding hydrogens is 347 g/mol. The van der Waals surface area contributed by atoms with Crippen molar-refractivity contribution in [1.82, 2.24) is 0 Å². The van der Waals surface area contributed by atoms with Crippen molar-refractivity contribution in [2.45, 2.75) is 24.8 Å². The number of ether oxygens (including phenoxy) is 1.